The van der Waals surface area contributed by atoms with E-state index < -0.39 is 26.2 Å². The van der Waals surface area contributed by atoms with Gasteiger partial charge in [0.2, 0.25) is 12.1 Å². The van der Waals surface area contributed by atoms with Gasteiger partial charge in [0.1, 0.15) is 6.61 Å². The molecule has 32 heavy (non-hydrogen) atoms. The third kappa shape index (κ3) is 6.53. The van der Waals surface area contributed by atoms with Crippen molar-refractivity contribution in [3.8, 4) is 0 Å². The van der Waals surface area contributed by atoms with Crippen LogP contribution in [0.4, 0.5) is 5.69 Å². The molecule has 1 fully saturated rings. The molecule has 1 aliphatic rings. The number of nitro benzene ring substituents is 1. The number of aliphatic hydroxyl groups is 1. The maximum Gasteiger partial charge on any atom is 0.356 e. The molecule has 1 N–H and O–H groups in total. The molecule has 1 saturated heterocycles. The Balaban J connectivity index is 1.99. The molecule has 178 valence electrons. The van der Waals surface area contributed by atoms with Crippen LogP contribution in [0.1, 0.15) is 31.7 Å². The molecule has 4 atom stereocenters. The van der Waals surface area contributed by atoms with Crippen LogP contribution in [0.2, 0.25) is 13.1 Å². The fourth-order valence-corrected chi connectivity index (χ4v) is 5.38. The number of thioether (sulfide) groups is 1. The van der Waals surface area contributed by atoms with Gasteiger partial charge in [-0.05, 0) is 49.4 Å². The number of nitrogens with zero attached hydrogens (tertiary/aromatic N) is 2. The predicted molar refractivity (Wildman–Crippen MR) is 124 cm³/mol. The van der Waals surface area contributed by atoms with E-state index in [0.29, 0.717) is 12.2 Å². The van der Waals surface area contributed by atoms with Crippen molar-refractivity contribution in [1.29, 1.82) is 0 Å². The summed E-state index contributed by atoms with van der Waals surface area (Å²) < 4.78 is 11.1. The van der Waals surface area contributed by atoms with E-state index in [1.54, 1.807) is 0 Å². The van der Waals surface area contributed by atoms with Crippen LogP contribution in [-0.4, -0.2) is 60.3 Å². The topological polar surface area (TPSA) is 119 Å². The maximum absolute atomic E-state index is 12.9. The Labute approximate surface area is 194 Å². The van der Waals surface area contributed by atoms with Crippen LogP contribution in [0.25, 0.3) is 0 Å². The molecule has 1 aliphatic heterocycles. The van der Waals surface area contributed by atoms with Crippen molar-refractivity contribution in [3.05, 3.63) is 39.9 Å². The number of aliphatic hydroxyl groups excluding tert-OH is 1. The summed E-state index contributed by atoms with van der Waals surface area (Å²) in [6.07, 6.45) is 3.02. The van der Waals surface area contributed by atoms with Crippen molar-refractivity contribution in [2.75, 3.05) is 12.9 Å². The molecule has 1 aromatic rings. The molecular formula is C21H32N2O7SSi. The number of benzene rings is 1. The van der Waals surface area contributed by atoms with Crippen LogP contribution in [-0.2, 0) is 25.4 Å². The number of carbonyl (C=O) groups is 2. The second kappa shape index (κ2) is 12.3. The van der Waals surface area contributed by atoms with Gasteiger partial charge in [-0.25, -0.2) is 4.79 Å². The molecule has 4 unspecified atom stereocenters. The van der Waals surface area contributed by atoms with E-state index in [9.17, 15) is 24.8 Å². The van der Waals surface area contributed by atoms with Gasteiger partial charge in [0.05, 0.1) is 16.2 Å². The Hall–Kier alpha value is -1.95. The highest BCUT2D eigenvalue weighted by Gasteiger charge is 2.54. The molecule has 0 aromatic heterocycles. The molecule has 0 aliphatic carbocycles. The molecule has 0 saturated carbocycles. The number of unbranched alkanes of at least 4 members (excludes halogenated alkanes) is 1. The van der Waals surface area contributed by atoms with Crippen molar-refractivity contribution in [1.82, 2.24) is 4.90 Å². The van der Waals surface area contributed by atoms with Gasteiger partial charge in [-0.3, -0.25) is 19.8 Å². The third-order valence-electron chi connectivity index (χ3n) is 5.45. The van der Waals surface area contributed by atoms with Gasteiger partial charge in [-0.2, -0.15) is 0 Å². The number of ether oxygens (including phenoxy) is 1. The molecule has 1 amide bonds. The van der Waals surface area contributed by atoms with Crippen molar-refractivity contribution in [3.63, 3.8) is 0 Å². The number of β-lactam (4-membered cyclic amide) rings is 1. The van der Waals surface area contributed by atoms with Crippen LogP contribution in [0.5, 0.6) is 0 Å². The van der Waals surface area contributed by atoms with Gasteiger partial charge >= 0.3 is 5.97 Å². The minimum atomic E-state index is -1.69. The Morgan fingerprint density at radius 3 is 2.53 bits per heavy atom. The number of esters is 1. The SMILES string of the molecule is CCCCC(CO[SiH](C)C)C1C(=O)N(C(O)C(=O)OCc2ccc([N+](=O)[O-])cc2)C1SC. The number of amides is 1. The lowest BCUT2D eigenvalue weighted by Gasteiger charge is -2.50. The molecule has 1 heterocycles. The predicted octanol–water partition coefficient (Wildman–Crippen LogP) is 2.91. The van der Waals surface area contributed by atoms with Crippen molar-refractivity contribution in [2.24, 2.45) is 11.8 Å². The van der Waals surface area contributed by atoms with Crippen molar-refractivity contribution < 1.29 is 28.8 Å². The van der Waals surface area contributed by atoms with Gasteiger partial charge < -0.3 is 14.3 Å². The fourth-order valence-electron chi connectivity index (χ4n) is 3.67. The molecule has 0 bridgehead atoms. The van der Waals surface area contributed by atoms with E-state index in [2.05, 4.69) is 20.0 Å². The van der Waals surface area contributed by atoms with E-state index in [1.807, 2.05) is 6.26 Å². The summed E-state index contributed by atoms with van der Waals surface area (Å²) in [5.41, 5.74) is 0.474. The molecular weight excluding hydrogens is 452 g/mol. The molecule has 9 nitrogen and oxygen atoms in total. The number of rotatable bonds is 13. The standard InChI is InChI=1S/C21H32N2O7SSi/c1-5-6-7-15(13-30-32(3)4)17-18(24)22(20(17)31-2)19(25)21(26)29-12-14-8-10-16(11-9-14)23(27)28/h8-11,15,17,19-20,25,32H,5-7,12-13H2,1-4H3. The first-order valence-electron chi connectivity index (χ1n) is 10.8. The van der Waals surface area contributed by atoms with Crippen molar-refractivity contribution >= 4 is 38.4 Å². The Kier molecular flexibility index (Phi) is 10.1. The molecule has 0 spiro atoms. The second-order valence-corrected chi connectivity index (χ2v) is 11.5. The minimum absolute atomic E-state index is 0.0504. The lowest BCUT2D eigenvalue weighted by atomic mass is 9.81. The quantitative estimate of drug-likeness (QED) is 0.149. The Morgan fingerprint density at radius 2 is 2.00 bits per heavy atom. The van der Waals surface area contributed by atoms with Gasteiger partial charge in [-0.1, -0.05) is 19.8 Å². The molecule has 1 aromatic carbocycles. The van der Waals surface area contributed by atoms with Gasteiger partial charge in [0, 0.05) is 18.7 Å². The first-order chi connectivity index (χ1) is 15.2. The summed E-state index contributed by atoms with van der Waals surface area (Å²) in [6, 6.07) is 5.57. The van der Waals surface area contributed by atoms with Gasteiger partial charge in [-0.15, -0.1) is 11.8 Å². The second-order valence-electron chi connectivity index (χ2n) is 8.09. The van der Waals surface area contributed by atoms with E-state index in [-0.39, 0.29) is 35.4 Å². The largest absolute Gasteiger partial charge is 0.457 e. The van der Waals surface area contributed by atoms with Gasteiger partial charge in [0.25, 0.3) is 5.69 Å². The Bertz CT molecular complexity index is 793. The highest BCUT2D eigenvalue weighted by atomic mass is 32.2. The molecule has 11 heteroatoms. The zero-order valence-corrected chi connectivity index (χ0v) is 20.9. The third-order valence-corrected chi connectivity index (χ3v) is 7.31. The van der Waals surface area contributed by atoms with E-state index >= 15 is 0 Å². The fraction of sp³-hybridized carbons (Fsp3) is 0.619. The highest BCUT2D eigenvalue weighted by molar-refractivity contribution is 7.99. The number of carbonyl (C=O) groups excluding carboxylic acids is 2. The number of likely N-dealkylation sites (tertiary alicyclic amines) is 1. The summed E-state index contributed by atoms with van der Waals surface area (Å²) in [5.74, 6) is -1.44. The average Bonchev–Trinajstić information content (AvgIpc) is 2.77. The summed E-state index contributed by atoms with van der Waals surface area (Å²) in [6.45, 7) is 6.63. The minimum Gasteiger partial charge on any atom is -0.457 e. The summed E-state index contributed by atoms with van der Waals surface area (Å²) in [5, 5.41) is 20.9. The maximum atomic E-state index is 12.9. The van der Waals surface area contributed by atoms with E-state index in [1.165, 1.54) is 40.9 Å². The number of non-ortho nitro benzene ring substituents is 1. The van der Waals surface area contributed by atoms with Crippen LogP contribution >= 0.6 is 11.8 Å². The number of hydrogen-bond acceptors (Lipinski definition) is 8. The first-order valence-corrected chi connectivity index (χ1v) is 14.8. The first kappa shape index (κ1) is 26.3. The summed E-state index contributed by atoms with van der Waals surface area (Å²) in [4.78, 5) is 36.7. The van der Waals surface area contributed by atoms with Crippen LogP contribution < -0.4 is 0 Å². The van der Waals surface area contributed by atoms with Gasteiger partial charge in [0.15, 0.2) is 9.04 Å². The average molecular weight is 485 g/mol. The summed E-state index contributed by atoms with van der Waals surface area (Å²) in [7, 11) is -1.23. The van der Waals surface area contributed by atoms with Crippen molar-refractivity contribution in [2.45, 2.75) is 57.5 Å². The number of nitro groups is 1. The van der Waals surface area contributed by atoms with E-state index in [0.717, 1.165) is 19.3 Å². The smallest absolute Gasteiger partial charge is 0.356 e. The van der Waals surface area contributed by atoms with Crippen LogP contribution in [0.3, 0.4) is 0 Å². The molecule has 0 radical (unpaired) electrons. The molecule has 2 rings (SSSR count). The normalized spacial score (nSPS) is 20.1. The van der Waals surface area contributed by atoms with Crippen LogP contribution in [0, 0.1) is 22.0 Å². The zero-order valence-electron chi connectivity index (χ0n) is 18.9. The van der Waals surface area contributed by atoms with Crippen LogP contribution in [0.15, 0.2) is 24.3 Å². The lowest BCUT2D eigenvalue weighted by Crippen LogP contribution is -2.67. The monoisotopic (exact) mass is 484 g/mol. The van der Waals surface area contributed by atoms with E-state index in [4.69, 9.17) is 9.16 Å². The number of hydrogen-bond donors (Lipinski definition) is 1. The zero-order chi connectivity index (χ0) is 23.8. The lowest BCUT2D eigenvalue weighted by molar-refractivity contribution is -0.384. The Morgan fingerprint density at radius 1 is 1.34 bits per heavy atom. The highest BCUT2D eigenvalue weighted by Crippen LogP contribution is 2.42. The summed E-state index contributed by atoms with van der Waals surface area (Å²) >= 11 is 1.42.